The van der Waals surface area contributed by atoms with Gasteiger partial charge < -0.3 is 5.32 Å². The number of rotatable bonds is 4. The van der Waals surface area contributed by atoms with Gasteiger partial charge in [0.05, 0.1) is 12.0 Å². The Hall–Kier alpha value is -1.40. The van der Waals surface area contributed by atoms with Crippen molar-refractivity contribution < 1.29 is 14.4 Å². The van der Waals surface area contributed by atoms with Crippen LogP contribution in [-0.4, -0.2) is 37.1 Å². The van der Waals surface area contributed by atoms with Crippen LogP contribution in [0.2, 0.25) is 0 Å². The Morgan fingerprint density at radius 2 is 2.25 bits per heavy atom. The smallest absolute Gasteiger partial charge is 0.268 e. The van der Waals surface area contributed by atoms with Gasteiger partial charge in [-0.1, -0.05) is 6.07 Å². The Bertz CT molecular complexity index is 364. The van der Waals surface area contributed by atoms with Crippen molar-refractivity contribution in [3.8, 4) is 0 Å². The van der Waals surface area contributed by atoms with Gasteiger partial charge >= 0.3 is 0 Å². The van der Waals surface area contributed by atoms with E-state index in [1.165, 1.54) is 25.5 Å². The highest BCUT2D eigenvalue weighted by molar-refractivity contribution is 7.12. The Morgan fingerprint density at radius 1 is 1.56 bits per heavy atom. The molecule has 1 heterocycles. The van der Waals surface area contributed by atoms with Crippen LogP contribution in [0.5, 0.6) is 0 Å². The summed E-state index contributed by atoms with van der Waals surface area (Å²) in [4.78, 5) is 28.5. The van der Waals surface area contributed by atoms with Gasteiger partial charge in [-0.25, -0.2) is 5.06 Å². The first-order valence-corrected chi connectivity index (χ1v) is 5.60. The van der Waals surface area contributed by atoms with E-state index in [1.54, 1.807) is 19.1 Å². The third-order valence-electron chi connectivity index (χ3n) is 2.05. The predicted octanol–water partition coefficient (Wildman–Crippen LogP) is 0.886. The fraction of sp³-hybridized carbons (Fsp3) is 0.400. The first kappa shape index (κ1) is 12.7. The van der Waals surface area contributed by atoms with Crippen molar-refractivity contribution in [1.29, 1.82) is 0 Å². The summed E-state index contributed by atoms with van der Waals surface area (Å²) in [7, 11) is 2.89. The lowest BCUT2D eigenvalue weighted by atomic mass is 10.3. The minimum absolute atomic E-state index is 0.250. The van der Waals surface area contributed by atoms with Crippen LogP contribution in [0.1, 0.15) is 16.6 Å². The predicted molar refractivity (Wildman–Crippen MR) is 61.0 cm³/mol. The van der Waals surface area contributed by atoms with Crippen LogP contribution in [0.15, 0.2) is 17.5 Å². The third-order valence-corrected chi connectivity index (χ3v) is 2.92. The van der Waals surface area contributed by atoms with Gasteiger partial charge in [0.25, 0.3) is 11.8 Å². The van der Waals surface area contributed by atoms with Gasteiger partial charge in [0.1, 0.15) is 6.04 Å². The lowest BCUT2D eigenvalue weighted by Gasteiger charge is -2.19. The van der Waals surface area contributed by atoms with E-state index < -0.39 is 6.04 Å². The van der Waals surface area contributed by atoms with Crippen LogP contribution in [0.4, 0.5) is 0 Å². The molecule has 1 N–H and O–H groups in total. The first-order valence-electron chi connectivity index (χ1n) is 4.72. The number of hydroxylamine groups is 2. The van der Waals surface area contributed by atoms with Crippen LogP contribution in [0.25, 0.3) is 0 Å². The number of thiophene rings is 1. The summed E-state index contributed by atoms with van der Waals surface area (Å²) in [5.41, 5.74) is 0. The Balaban J connectivity index is 2.55. The van der Waals surface area contributed by atoms with E-state index in [1.807, 2.05) is 5.38 Å². The summed E-state index contributed by atoms with van der Waals surface area (Å²) >= 11 is 1.33. The van der Waals surface area contributed by atoms with E-state index in [0.29, 0.717) is 4.88 Å². The summed E-state index contributed by atoms with van der Waals surface area (Å²) in [6, 6.07) is 2.88. The van der Waals surface area contributed by atoms with Crippen molar-refractivity contribution >= 4 is 23.2 Å². The summed E-state index contributed by atoms with van der Waals surface area (Å²) in [6.07, 6.45) is 0. The fourth-order valence-corrected chi connectivity index (χ4v) is 1.73. The zero-order valence-corrected chi connectivity index (χ0v) is 10.2. The summed E-state index contributed by atoms with van der Waals surface area (Å²) in [6.45, 7) is 1.61. The highest BCUT2D eigenvalue weighted by Gasteiger charge is 2.20. The van der Waals surface area contributed by atoms with Crippen molar-refractivity contribution in [2.45, 2.75) is 13.0 Å². The Labute approximate surface area is 98.0 Å². The van der Waals surface area contributed by atoms with Crippen LogP contribution in [0.3, 0.4) is 0 Å². The minimum atomic E-state index is -0.612. The van der Waals surface area contributed by atoms with Gasteiger partial charge in [-0.15, -0.1) is 11.3 Å². The average molecular weight is 242 g/mol. The molecule has 2 amide bonds. The number of hydrogen-bond acceptors (Lipinski definition) is 4. The zero-order chi connectivity index (χ0) is 12.1. The Kier molecular flexibility index (Phi) is 4.45. The number of hydrogen-bond donors (Lipinski definition) is 1. The molecule has 0 unspecified atom stereocenters. The van der Waals surface area contributed by atoms with Crippen molar-refractivity contribution in [1.82, 2.24) is 10.4 Å². The van der Waals surface area contributed by atoms with E-state index in [-0.39, 0.29) is 11.8 Å². The molecule has 6 heteroatoms. The first-order chi connectivity index (χ1) is 7.56. The van der Waals surface area contributed by atoms with Crippen molar-refractivity contribution in [2.24, 2.45) is 0 Å². The van der Waals surface area contributed by atoms with Gasteiger partial charge in [-0.2, -0.15) is 0 Å². The summed E-state index contributed by atoms with van der Waals surface area (Å²) in [5, 5.41) is 5.49. The normalized spacial score (nSPS) is 11.9. The molecule has 0 fully saturated rings. The van der Waals surface area contributed by atoms with Crippen molar-refractivity contribution in [3.63, 3.8) is 0 Å². The van der Waals surface area contributed by atoms with Crippen LogP contribution >= 0.6 is 11.3 Å². The SMILES string of the molecule is CON(C)C(=O)[C@@H](C)NC(=O)c1cccs1. The maximum atomic E-state index is 11.6. The molecule has 0 radical (unpaired) electrons. The molecular formula is C10H14N2O3S. The van der Waals surface area contributed by atoms with Crippen molar-refractivity contribution in [2.75, 3.05) is 14.2 Å². The monoisotopic (exact) mass is 242 g/mol. The quantitative estimate of drug-likeness (QED) is 0.798. The van der Waals surface area contributed by atoms with Gasteiger partial charge in [-0.3, -0.25) is 14.4 Å². The molecule has 0 bridgehead atoms. The summed E-state index contributed by atoms with van der Waals surface area (Å²) in [5.74, 6) is -0.548. The molecule has 16 heavy (non-hydrogen) atoms. The number of amides is 2. The van der Waals surface area contributed by atoms with Gasteiger partial charge in [-0.05, 0) is 18.4 Å². The molecular weight excluding hydrogens is 228 g/mol. The number of likely N-dealkylation sites (N-methyl/N-ethyl adjacent to an activating group) is 1. The zero-order valence-electron chi connectivity index (χ0n) is 9.39. The number of carbonyl (C=O) groups is 2. The molecule has 1 aromatic rings. The van der Waals surface area contributed by atoms with Crippen LogP contribution in [-0.2, 0) is 9.63 Å². The largest absolute Gasteiger partial charge is 0.340 e. The molecule has 0 aliphatic carbocycles. The molecule has 5 nitrogen and oxygen atoms in total. The standard InChI is InChI=1S/C10H14N2O3S/c1-7(10(14)12(2)15-3)11-9(13)8-5-4-6-16-8/h4-7H,1-3H3,(H,11,13)/t7-/m1/s1. The van der Waals surface area contributed by atoms with E-state index >= 15 is 0 Å². The Morgan fingerprint density at radius 3 is 2.75 bits per heavy atom. The summed E-state index contributed by atoms with van der Waals surface area (Å²) < 4.78 is 0. The van der Waals surface area contributed by atoms with Gasteiger partial charge in [0, 0.05) is 7.05 Å². The molecule has 0 aliphatic rings. The molecule has 0 saturated carbocycles. The second kappa shape index (κ2) is 5.62. The average Bonchev–Trinajstić information content (AvgIpc) is 2.80. The number of carbonyl (C=O) groups excluding carboxylic acids is 2. The maximum Gasteiger partial charge on any atom is 0.268 e. The van der Waals surface area contributed by atoms with E-state index in [9.17, 15) is 9.59 Å². The lowest BCUT2D eigenvalue weighted by molar-refractivity contribution is -0.170. The molecule has 0 spiro atoms. The highest BCUT2D eigenvalue weighted by atomic mass is 32.1. The molecule has 1 rings (SSSR count). The minimum Gasteiger partial charge on any atom is -0.340 e. The molecule has 0 aromatic carbocycles. The highest BCUT2D eigenvalue weighted by Crippen LogP contribution is 2.08. The lowest BCUT2D eigenvalue weighted by Crippen LogP contribution is -2.45. The van der Waals surface area contributed by atoms with Gasteiger partial charge in [0.15, 0.2) is 0 Å². The van der Waals surface area contributed by atoms with Gasteiger partial charge in [0.2, 0.25) is 0 Å². The number of nitrogens with zero attached hydrogens (tertiary/aromatic N) is 1. The fourth-order valence-electron chi connectivity index (χ4n) is 1.10. The van der Waals surface area contributed by atoms with E-state index in [0.717, 1.165) is 5.06 Å². The maximum absolute atomic E-state index is 11.6. The molecule has 1 aromatic heterocycles. The topological polar surface area (TPSA) is 58.6 Å². The second-order valence-corrected chi connectivity index (χ2v) is 4.14. The number of nitrogens with one attached hydrogen (secondary N) is 1. The van der Waals surface area contributed by atoms with Crippen LogP contribution < -0.4 is 5.32 Å². The van der Waals surface area contributed by atoms with Crippen molar-refractivity contribution in [3.05, 3.63) is 22.4 Å². The third kappa shape index (κ3) is 3.04. The molecule has 0 aliphatic heterocycles. The second-order valence-electron chi connectivity index (χ2n) is 3.19. The van der Waals surface area contributed by atoms with E-state index in [4.69, 9.17) is 4.84 Å². The molecule has 88 valence electrons. The molecule has 1 atom stereocenters. The molecule has 0 saturated heterocycles. The van der Waals surface area contributed by atoms with E-state index in [2.05, 4.69) is 5.32 Å². The van der Waals surface area contributed by atoms with Crippen LogP contribution in [0, 0.1) is 0 Å².